The van der Waals surface area contributed by atoms with Crippen LogP contribution >= 0.6 is 12.6 Å². The van der Waals surface area contributed by atoms with Crippen molar-refractivity contribution >= 4 is 18.6 Å². The van der Waals surface area contributed by atoms with Crippen LogP contribution in [0.25, 0.3) is 0 Å². The van der Waals surface area contributed by atoms with Gasteiger partial charge in [0.05, 0.1) is 6.61 Å². The Balaban J connectivity index is 2.00. The number of carbonyl (C=O) groups excluding carboxylic acids is 1. The quantitative estimate of drug-likeness (QED) is 0.517. The molecule has 0 aromatic carbocycles. The summed E-state index contributed by atoms with van der Waals surface area (Å²) in [5, 5.41) is 0. The van der Waals surface area contributed by atoms with E-state index in [0.717, 1.165) is 12.3 Å². The lowest BCUT2D eigenvalue weighted by molar-refractivity contribution is -0.145. The average molecular weight is 203 g/mol. The van der Waals surface area contributed by atoms with Crippen LogP contribution in [0.4, 0.5) is 0 Å². The first-order valence-corrected chi connectivity index (χ1v) is 5.40. The molecule has 1 atom stereocenters. The third kappa shape index (κ3) is 3.56. The van der Waals surface area contributed by atoms with Gasteiger partial charge < -0.3 is 10.5 Å². The van der Waals surface area contributed by atoms with Crippen LogP contribution < -0.4 is 5.73 Å². The molecule has 1 rings (SSSR count). The van der Waals surface area contributed by atoms with Gasteiger partial charge in [-0.15, -0.1) is 0 Å². The summed E-state index contributed by atoms with van der Waals surface area (Å²) >= 11 is 3.92. The fraction of sp³-hybridized carbons (Fsp3) is 0.889. The molecule has 0 heterocycles. The lowest BCUT2D eigenvalue weighted by atomic mass is 9.83. The molecule has 0 saturated heterocycles. The summed E-state index contributed by atoms with van der Waals surface area (Å²) in [5.41, 5.74) is 5.43. The minimum atomic E-state index is -0.565. The van der Waals surface area contributed by atoms with Gasteiger partial charge in [0, 0.05) is 5.75 Å². The summed E-state index contributed by atoms with van der Waals surface area (Å²) in [4.78, 5) is 11.1. The Morgan fingerprint density at radius 1 is 1.62 bits per heavy atom. The van der Waals surface area contributed by atoms with Crippen LogP contribution in [-0.4, -0.2) is 24.4 Å². The second-order valence-corrected chi connectivity index (χ2v) is 3.91. The van der Waals surface area contributed by atoms with Gasteiger partial charge in [0.25, 0.3) is 0 Å². The van der Waals surface area contributed by atoms with Crippen LogP contribution in [0, 0.1) is 5.92 Å². The Morgan fingerprint density at radius 3 is 2.77 bits per heavy atom. The normalized spacial score (nSPS) is 19.2. The molecule has 3 nitrogen and oxygen atoms in total. The van der Waals surface area contributed by atoms with Gasteiger partial charge in [-0.1, -0.05) is 19.3 Å². The topological polar surface area (TPSA) is 52.3 Å². The minimum Gasteiger partial charge on any atom is -0.464 e. The average Bonchev–Trinajstić information content (AvgIpc) is 2.07. The van der Waals surface area contributed by atoms with Crippen molar-refractivity contribution in [2.45, 2.75) is 31.7 Å². The molecule has 1 fully saturated rings. The summed E-state index contributed by atoms with van der Waals surface area (Å²) in [6, 6.07) is -0.565. The van der Waals surface area contributed by atoms with Crippen molar-refractivity contribution in [2.24, 2.45) is 11.7 Å². The Bertz CT molecular complexity index is 171. The number of carbonyl (C=O) groups is 1. The van der Waals surface area contributed by atoms with Crippen molar-refractivity contribution in [3.05, 3.63) is 0 Å². The van der Waals surface area contributed by atoms with Crippen LogP contribution in [0.5, 0.6) is 0 Å². The zero-order valence-electron chi connectivity index (χ0n) is 7.74. The van der Waals surface area contributed by atoms with Gasteiger partial charge in [-0.05, 0) is 12.3 Å². The molecule has 0 amide bonds. The van der Waals surface area contributed by atoms with Crippen LogP contribution in [0.1, 0.15) is 25.7 Å². The van der Waals surface area contributed by atoms with Crippen molar-refractivity contribution in [3.63, 3.8) is 0 Å². The molecule has 1 aliphatic rings. The SMILES string of the molecule is N[C@H](CS)C(=O)OCCC1CCC1. The summed E-state index contributed by atoms with van der Waals surface area (Å²) in [7, 11) is 0. The first kappa shape index (κ1) is 10.9. The third-order valence-corrected chi connectivity index (χ3v) is 2.89. The van der Waals surface area contributed by atoms with Gasteiger partial charge in [0.2, 0.25) is 0 Å². The van der Waals surface area contributed by atoms with Gasteiger partial charge in [-0.25, -0.2) is 0 Å². The molecule has 13 heavy (non-hydrogen) atoms. The number of hydrogen-bond donors (Lipinski definition) is 2. The summed E-state index contributed by atoms with van der Waals surface area (Å²) in [5.74, 6) is 0.803. The van der Waals surface area contributed by atoms with E-state index in [1.807, 2.05) is 0 Å². The zero-order chi connectivity index (χ0) is 9.68. The highest BCUT2D eigenvalue weighted by Gasteiger charge is 2.18. The largest absolute Gasteiger partial charge is 0.464 e. The molecule has 0 bridgehead atoms. The summed E-state index contributed by atoms with van der Waals surface area (Å²) in [6.07, 6.45) is 4.89. The van der Waals surface area contributed by atoms with Crippen molar-refractivity contribution < 1.29 is 9.53 Å². The third-order valence-electron chi connectivity index (χ3n) is 2.49. The van der Waals surface area contributed by atoms with Crippen LogP contribution in [0.3, 0.4) is 0 Å². The maximum absolute atomic E-state index is 11.1. The molecule has 0 aromatic rings. The summed E-state index contributed by atoms with van der Waals surface area (Å²) in [6.45, 7) is 0.519. The van der Waals surface area contributed by atoms with E-state index in [0.29, 0.717) is 12.4 Å². The number of ether oxygens (including phenoxy) is 1. The minimum absolute atomic E-state index is 0.325. The van der Waals surface area contributed by atoms with Gasteiger partial charge >= 0.3 is 5.97 Å². The first-order chi connectivity index (χ1) is 6.24. The van der Waals surface area contributed by atoms with E-state index in [4.69, 9.17) is 10.5 Å². The lowest BCUT2D eigenvalue weighted by Gasteiger charge is -2.24. The van der Waals surface area contributed by atoms with E-state index < -0.39 is 6.04 Å². The van der Waals surface area contributed by atoms with E-state index in [-0.39, 0.29) is 5.97 Å². The standard InChI is InChI=1S/C9H17NO2S/c10-8(6-13)9(11)12-5-4-7-2-1-3-7/h7-8,13H,1-6,10H2/t8-/m1/s1. The highest BCUT2D eigenvalue weighted by molar-refractivity contribution is 7.80. The molecule has 0 radical (unpaired) electrons. The summed E-state index contributed by atoms with van der Waals surface area (Å²) < 4.78 is 4.99. The van der Waals surface area contributed by atoms with Crippen molar-refractivity contribution in [2.75, 3.05) is 12.4 Å². The van der Waals surface area contributed by atoms with E-state index in [2.05, 4.69) is 12.6 Å². The van der Waals surface area contributed by atoms with Crippen molar-refractivity contribution in [3.8, 4) is 0 Å². The second kappa shape index (κ2) is 5.50. The molecule has 76 valence electrons. The predicted molar refractivity (Wildman–Crippen MR) is 54.7 cm³/mol. The highest BCUT2D eigenvalue weighted by atomic mass is 32.1. The monoisotopic (exact) mass is 203 g/mol. The lowest BCUT2D eigenvalue weighted by Crippen LogP contribution is -2.34. The molecule has 0 aromatic heterocycles. The molecule has 4 heteroatoms. The fourth-order valence-electron chi connectivity index (χ4n) is 1.29. The molecule has 0 aliphatic heterocycles. The predicted octanol–water partition coefficient (Wildman–Crippen LogP) is 0.977. The van der Waals surface area contributed by atoms with Gasteiger partial charge in [0.1, 0.15) is 6.04 Å². The Morgan fingerprint density at radius 2 is 2.31 bits per heavy atom. The Labute approximate surface area is 84.4 Å². The molecule has 0 spiro atoms. The molecule has 0 unspecified atom stereocenters. The van der Waals surface area contributed by atoms with Gasteiger partial charge in [-0.2, -0.15) is 12.6 Å². The van der Waals surface area contributed by atoms with Crippen LogP contribution in [-0.2, 0) is 9.53 Å². The Kier molecular flexibility index (Phi) is 4.59. The van der Waals surface area contributed by atoms with E-state index in [1.54, 1.807) is 0 Å². The number of thiol groups is 1. The number of esters is 1. The zero-order valence-corrected chi connectivity index (χ0v) is 8.63. The van der Waals surface area contributed by atoms with E-state index in [9.17, 15) is 4.79 Å². The fourth-order valence-corrected chi connectivity index (χ4v) is 1.44. The molecule has 1 aliphatic carbocycles. The molecule has 2 N–H and O–H groups in total. The van der Waals surface area contributed by atoms with Crippen LogP contribution in [0.15, 0.2) is 0 Å². The van der Waals surface area contributed by atoms with E-state index >= 15 is 0 Å². The number of nitrogens with two attached hydrogens (primary N) is 1. The maximum atomic E-state index is 11.1. The van der Waals surface area contributed by atoms with Crippen LogP contribution in [0.2, 0.25) is 0 Å². The molecular weight excluding hydrogens is 186 g/mol. The van der Waals surface area contributed by atoms with Gasteiger partial charge in [0.15, 0.2) is 0 Å². The second-order valence-electron chi connectivity index (χ2n) is 3.54. The highest BCUT2D eigenvalue weighted by Crippen LogP contribution is 2.29. The first-order valence-electron chi connectivity index (χ1n) is 4.77. The van der Waals surface area contributed by atoms with Gasteiger partial charge in [-0.3, -0.25) is 4.79 Å². The number of hydrogen-bond acceptors (Lipinski definition) is 4. The maximum Gasteiger partial charge on any atom is 0.323 e. The van der Waals surface area contributed by atoms with Crippen molar-refractivity contribution in [1.82, 2.24) is 0 Å². The van der Waals surface area contributed by atoms with Crippen molar-refractivity contribution in [1.29, 1.82) is 0 Å². The smallest absolute Gasteiger partial charge is 0.323 e. The number of rotatable bonds is 5. The van der Waals surface area contributed by atoms with E-state index in [1.165, 1.54) is 19.3 Å². The molecule has 1 saturated carbocycles. The molecular formula is C9H17NO2S. The Hall–Kier alpha value is -0.220.